The van der Waals surface area contributed by atoms with Gasteiger partial charge in [0, 0.05) is 6.07 Å². The first-order chi connectivity index (χ1) is 13.6. The van der Waals surface area contributed by atoms with E-state index in [-0.39, 0.29) is 11.1 Å². The second-order valence-corrected chi connectivity index (χ2v) is 6.38. The van der Waals surface area contributed by atoms with Crippen molar-refractivity contribution >= 4 is 11.0 Å². The van der Waals surface area contributed by atoms with Crippen molar-refractivity contribution in [1.82, 2.24) is 15.0 Å². The first-order valence-electron chi connectivity index (χ1n) is 8.65. The molecule has 3 aromatic carbocycles. The fourth-order valence-corrected chi connectivity index (χ4v) is 3.00. The van der Waals surface area contributed by atoms with Gasteiger partial charge in [-0.25, -0.2) is 4.68 Å². The lowest BCUT2D eigenvalue weighted by Crippen LogP contribution is -2.03. The van der Waals surface area contributed by atoms with Gasteiger partial charge in [0.25, 0.3) is 0 Å². The lowest BCUT2D eigenvalue weighted by molar-refractivity contribution is 0.474. The van der Waals surface area contributed by atoms with Crippen molar-refractivity contribution in [2.45, 2.75) is 13.8 Å². The highest BCUT2D eigenvalue weighted by Gasteiger charge is 2.17. The van der Waals surface area contributed by atoms with Gasteiger partial charge < -0.3 is 4.74 Å². The number of aryl methyl sites for hydroxylation is 1. The molecular weight excluding hydrogens is 350 g/mol. The van der Waals surface area contributed by atoms with Gasteiger partial charge in [0.05, 0.1) is 16.6 Å². The van der Waals surface area contributed by atoms with Crippen LogP contribution in [0.25, 0.3) is 16.7 Å². The van der Waals surface area contributed by atoms with Gasteiger partial charge in [-0.1, -0.05) is 29.5 Å². The van der Waals surface area contributed by atoms with Gasteiger partial charge in [0.2, 0.25) is 0 Å². The SMILES string of the molecule is Cc1cccc(Oc2cc(C#N)c(C#N)cc2-n2nnc3ccccc32)c1C. The van der Waals surface area contributed by atoms with Gasteiger partial charge in [0.15, 0.2) is 5.75 Å². The normalized spacial score (nSPS) is 10.4. The van der Waals surface area contributed by atoms with E-state index in [0.29, 0.717) is 17.2 Å². The average molecular weight is 365 g/mol. The number of nitrogens with zero attached hydrogens (tertiary/aromatic N) is 5. The summed E-state index contributed by atoms with van der Waals surface area (Å²) < 4.78 is 7.81. The molecule has 0 fully saturated rings. The predicted molar refractivity (Wildman–Crippen MR) is 104 cm³/mol. The van der Waals surface area contributed by atoms with E-state index in [1.807, 2.05) is 56.3 Å². The molecule has 6 heteroatoms. The first-order valence-corrected chi connectivity index (χ1v) is 8.65. The summed E-state index contributed by atoms with van der Waals surface area (Å²) in [7, 11) is 0. The highest BCUT2D eigenvalue weighted by atomic mass is 16.5. The van der Waals surface area contributed by atoms with Crippen LogP contribution in [0.1, 0.15) is 22.3 Å². The van der Waals surface area contributed by atoms with Crippen LogP contribution in [0, 0.1) is 36.5 Å². The highest BCUT2D eigenvalue weighted by molar-refractivity contribution is 5.77. The summed E-state index contributed by atoms with van der Waals surface area (Å²) in [5.41, 5.74) is 4.65. The number of nitriles is 2. The number of aromatic nitrogens is 3. The van der Waals surface area contributed by atoms with Gasteiger partial charge in [0.1, 0.15) is 29.1 Å². The third-order valence-corrected chi connectivity index (χ3v) is 4.69. The van der Waals surface area contributed by atoms with Crippen molar-refractivity contribution < 1.29 is 4.74 Å². The van der Waals surface area contributed by atoms with Gasteiger partial charge in [-0.05, 0) is 49.2 Å². The topological polar surface area (TPSA) is 87.5 Å². The smallest absolute Gasteiger partial charge is 0.154 e. The number of benzene rings is 3. The minimum atomic E-state index is 0.246. The van der Waals surface area contributed by atoms with Gasteiger partial charge in [-0.15, -0.1) is 5.10 Å². The first kappa shape index (κ1) is 17.3. The summed E-state index contributed by atoms with van der Waals surface area (Å²) >= 11 is 0. The van der Waals surface area contributed by atoms with Crippen molar-refractivity contribution in [2.75, 3.05) is 0 Å². The van der Waals surface area contributed by atoms with E-state index < -0.39 is 0 Å². The zero-order valence-corrected chi connectivity index (χ0v) is 15.3. The fourth-order valence-electron chi connectivity index (χ4n) is 3.00. The summed E-state index contributed by atoms with van der Waals surface area (Å²) in [6.45, 7) is 3.98. The number of ether oxygens (including phenoxy) is 1. The molecule has 0 saturated heterocycles. The van der Waals surface area contributed by atoms with Crippen LogP contribution < -0.4 is 4.74 Å². The Balaban J connectivity index is 1.96. The summed E-state index contributed by atoms with van der Waals surface area (Å²) in [6.07, 6.45) is 0. The van der Waals surface area contributed by atoms with Crippen LogP contribution in [-0.2, 0) is 0 Å². The summed E-state index contributed by atoms with van der Waals surface area (Å²) in [5, 5.41) is 27.3. The number of rotatable bonds is 3. The molecule has 0 aliphatic rings. The predicted octanol–water partition coefficient (Wildman–Crippen LogP) is 4.57. The van der Waals surface area contributed by atoms with Crippen molar-refractivity contribution in [3.63, 3.8) is 0 Å². The molecule has 4 rings (SSSR count). The Labute approximate surface area is 161 Å². The number of hydrogen-bond donors (Lipinski definition) is 0. The molecule has 1 aromatic heterocycles. The molecule has 0 bridgehead atoms. The molecule has 134 valence electrons. The molecule has 0 N–H and O–H groups in total. The second-order valence-electron chi connectivity index (χ2n) is 6.38. The number of hydrogen-bond acceptors (Lipinski definition) is 5. The maximum atomic E-state index is 9.46. The molecule has 0 amide bonds. The molecule has 28 heavy (non-hydrogen) atoms. The lowest BCUT2D eigenvalue weighted by Gasteiger charge is -2.15. The number of para-hydroxylation sites is 1. The largest absolute Gasteiger partial charge is 0.455 e. The molecule has 6 nitrogen and oxygen atoms in total. The Morgan fingerprint density at radius 3 is 2.43 bits per heavy atom. The third kappa shape index (κ3) is 2.84. The van der Waals surface area contributed by atoms with E-state index >= 15 is 0 Å². The highest BCUT2D eigenvalue weighted by Crippen LogP contribution is 2.34. The van der Waals surface area contributed by atoms with Crippen molar-refractivity contribution in [2.24, 2.45) is 0 Å². The molecule has 0 aliphatic carbocycles. The second kappa shape index (κ2) is 6.86. The fraction of sp³-hybridized carbons (Fsp3) is 0.0909. The van der Waals surface area contributed by atoms with Gasteiger partial charge >= 0.3 is 0 Å². The van der Waals surface area contributed by atoms with E-state index in [1.165, 1.54) is 0 Å². The maximum Gasteiger partial charge on any atom is 0.154 e. The van der Waals surface area contributed by atoms with Crippen LogP contribution in [0.3, 0.4) is 0 Å². The number of fused-ring (bicyclic) bond motifs is 1. The van der Waals surface area contributed by atoms with Crippen LogP contribution in [0.5, 0.6) is 11.5 Å². The Hall–Kier alpha value is -4.16. The minimum absolute atomic E-state index is 0.246. The van der Waals surface area contributed by atoms with Crippen LogP contribution in [0.2, 0.25) is 0 Å². The third-order valence-electron chi connectivity index (χ3n) is 4.69. The molecule has 0 spiro atoms. The zero-order valence-electron chi connectivity index (χ0n) is 15.3. The van der Waals surface area contributed by atoms with E-state index in [1.54, 1.807) is 16.8 Å². The monoisotopic (exact) mass is 365 g/mol. The minimum Gasteiger partial charge on any atom is -0.455 e. The average Bonchev–Trinajstić information content (AvgIpc) is 3.15. The molecule has 0 aliphatic heterocycles. The Kier molecular flexibility index (Phi) is 4.23. The molecule has 0 atom stereocenters. The Morgan fingerprint density at radius 1 is 0.893 bits per heavy atom. The molecule has 0 saturated carbocycles. The molecule has 4 aromatic rings. The van der Waals surface area contributed by atoms with Crippen molar-refractivity contribution in [1.29, 1.82) is 10.5 Å². The molecule has 0 radical (unpaired) electrons. The van der Waals surface area contributed by atoms with Crippen molar-refractivity contribution in [3.8, 4) is 29.3 Å². The van der Waals surface area contributed by atoms with Crippen LogP contribution in [0.4, 0.5) is 0 Å². The lowest BCUT2D eigenvalue weighted by atomic mass is 10.1. The summed E-state index contributed by atoms with van der Waals surface area (Å²) in [6, 6.07) is 20.6. The zero-order chi connectivity index (χ0) is 19.7. The standard InChI is InChI=1S/C22H15N5O/c1-14-6-5-9-21(15(14)2)28-22-11-17(13-24)16(12-23)10-20(22)27-19-8-4-3-7-18(19)25-26-27/h3-11H,1-2H3. The molecule has 0 unspecified atom stereocenters. The van der Waals surface area contributed by atoms with E-state index in [2.05, 4.69) is 22.5 Å². The Bertz CT molecular complexity index is 1290. The Morgan fingerprint density at radius 2 is 1.64 bits per heavy atom. The van der Waals surface area contributed by atoms with E-state index in [0.717, 1.165) is 22.2 Å². The molecule has 1 heterocycles. The van der Waals surface area contributed by atoms with Crippen LogP contribution >= 0.6 is 0 Å². The summed E-state index contributed by atoms with van der Waals surface area (Å²) in [5.74, 6) is 1.11. The van der Waals surface area contributed by atoms with Crippen LogP contribution in [-0.4, -0.2) is 15.0 Å². The van der Waals surface area contributed by atoms with E-state index in [9.17, 15) is 10.5 Å². The molecular formula is C22H15N5O. The maximum absolute atomic E-state index is 9.46. The van der Waals surface area contributed by atoms with Gasteiger partial charge in [-0.3, -0.25) is 0 Å². The quantitative estimate of drug-likeness (QED) is 0.530. The van der Waals surface area contributed by atoms with Crippen LogP contribution in [0.15, 0.2) is 54.6 Å². The van der Waals surface area contributed by atoms with Crippen molar-refractivity contribution in [3.05, 3.63) is 76.9 Å². The van der Waals surface area contributed by atoms with Gasteiger partial charge in [-0.2, -0.15) is 10.5 Å². The summed E-state index contributed by atoms with van der Waals surface area (Å²) in [4.78, 5) is 0. The van der Waals surface area contributed by atoms with E-state index in [4.69, 9.17) is 4.74 Å².